The Labute approximate surface area is 115 Å². The number of nitrogens with zero attached hydrogens (tertiary/aromatic N) is 3. The van der Waals surface area contributed by atoms with Gasteiger partial charge in [-0.2, -0.15) is 0 Å². The Hall–Kier alpha value is -1.55. The summed E-state index contributed by atoms with van der Waals surface area (Å²) in [7, 11) is 0. The Morgan fingerprint density at radius 2 is 2.21 bits per heavy atom. The highest BCUT2D eigenvalue weighted by Crippen LogP contribution is 2.14. The van der Waals surface area contributed by atoms with Crippen LogP contribution >= 0.6 is 0 Å². The first kappa shape index (κ1) is 13.9. The number of aromatic nitrogens is 3. The molecule has 2 rings (SSSR count). The fourth-order valence-corrected chi connectivity index (χ4v) is 2.33. The molecule has 0 aliphatic heterocycles. The monoisotopic (exact) mass is 260 g/mol. The maximum atomic E-state index is 4.06. The van der Waals surface area contributed by atoms with Gasteiger partial charge in [0.1, 0.15) is 0 Å². The number of rotatable bonds is 8. The summed E-state index contributed by atoms with van der Waals surface area (Å²) in [6.07, 6.45) is 10.2. The van der Waals surface area contributed by atoms with Crippen molar-refractivity contribution in [2.45, 2.75) is 45.8 Å². The van der Waals surface area contributed by atoms with Crippen LogP contribution in [0.4, 0.5) is 0 Å². The summed E-state index contributed by atoms with van der Waals surface area (Å²) in [6.45, 7) is 7.58. The second kappa shape index (κ2) is 7.14. The number of hydrogen-bond donors (Lipinski definition) is 1. The number of hydrogen-bond acceptors (Lipinski definition) is 2. The molecule has 0 saturated carbocycles. The van der Waals surface area contributed by atoms with E-state index in [2.05, 4.69) is 51.6 Å². The van der Waals surface area contributed by atoms with Crippen LogP contribution in [0.25, 0.3) is 0 Å². The molecule has 0 aromatic carbocycles. The molecule has 0 fully saturated rings. The second-order valence-electron chi connectivity index (χ2n) is 4.96. The summed E-state index contributed by atoms with van der Waals surface area (Å²) in [5.41, 5.74) is 1.37. The lowest BCUT2D eigenvalue weighted by Crippen LogP contribution is -2.22. The summed E-state index contributed by atoms with van der Waals surface area (Å²) in [5, 5.41) is 3.54. The molecule has 2 aromatic heterocycles. The molecule has 19 heavy (non-hydrogen) atoms. The molecule has 1 unspecified atom stereocenters. The number of imidazole rings is 1. The molecule has 1 atom stereocenters. The van der Waals surface area contributed by atoms with Gasteiger partial charge in [-0.25, -0.2) is 4.98 Å². The van der Waals surface area contributed by atoms with Crippen molar-refractivity contribution in [3.8, 4) is 0 Å². The summed E-state index contributed by atoms with van der Waals surface area (Å²) >= 11 is 0. The van der Waals surface area contributed by atoms with Crippen molar-refractivity contribution in [1.82, 2.24) is 19.4 Å². The van der Waals surface area contributed by atoms with Crippen LogP contribution < -0.4 is 5.32 Å². The zero-order valence-corrected chi connectivity index (χ0v) is 11.9. The first-order valence-electron chi connectivity index (χ1n) is 7.15. The quantitative estimate of drug-likeness (QED) is 0.792. The minimum absolute atomic E-state index is 0.420. The van der Waals surface area contributed by atoms with Crippen LogP contribution in [0.5, 0.6) is 0 Å². The smallest absolute Gasteiger partial charge is 0.0945 e. The van der Waals surface area contributed by atoms with Crippen LogP contribution in [-0.2, 0) is 13.1 Å². The van der Waals surface area contributed by atoms with E-state index in [0.29, 0.717) is 6.04 Å². The molecule has 1 N–H and O–H groups in total. The van der Waals surface area contributed by atoms with E-state index in [9.17, 15) is 0 Å². The van der Waals surface area contributed by atoms with Gasteiger partial charge < -0.3 is 14.5 Å². The standard InChI is InChI=1S/C15H24N4/c1-3-7-17-14(2)15-6-4-10-19(15)11-5-9-18-12-8-16-13-18/h4,6,8,10,12-14,17H,3,5,7,9,11H2,1-2H3. The Morgan fingerprint density at radius 1 is 1.32 bits per heavy atom. The molecule has 0 bridgehead atoms. The van der Waals surface area contributed by atoms with Crippen LogP contribution in [0.2, 0.25) is 0 Å². The Balaban J connectivity index is 1.85. The molecule has 0 spiro atoms. The average Bonchev–Trinajstić information content (AvgIpc) is 3.07. The van der Waals surface area contributed by atoms with Crippen molar-refractivity contribution in [2.24, 2.45) is 0 Å². The van der Waals surface area contributed by atoms with Crippen molar-refractivity contribution >= 4 is 0 Å². The van der Waals surface area contributed by atoms with Crippen molar-refractivity contribution < 1.29 is 0 Å². The normalized spacial score (nSPS) is 12.7. The number of nitrogens with one attached hydrogen (secondary N) is 1. The number of aryl methyl sites for hydroxylation is 2. The van der Waals surface area contributed by atoms with Crippen LogP contribution in [0.3, 0.4) is 0 Å². The van der Waals surface area contributed by atoms with E-state index in [-0.39, 0.29) is 0 Å². The second-order valence-corrected chi connectivity index (χ2v) is 4.96. The molecule has 0 radical (unpaired) electrons. The lowest BCUT2D eigenvalue weighted by atomic mass is 10.2. The molecule has 0 saturated heterocycles. The molecule has 104 valence electrons. The van der Waals surface area contributed by atoms with Gasteiger partial charge in [0.2, 0.25) is 0 Å². The van der Waals surface area contributed by atoms with Crippen molar-refractivity contribution in [2.75, 3.05) is 6.54 Å². The van der Waals surface area contributed by atoms with Gasteiger partial charge in [-0.1, -0.05) is 6.92 Å². The SMILES string of the molecule is CCCNC(C)c1cccn1CCCn1ccnc1. The lowest BCUT2D eigenvalue weighted by Gasteiger charge is -2.17. The third kappa shape index (κ3) is 3.96. The first-order valence-corrected chi connectivity index (χ1v) is 7.15. The molecule has 0 aliphatic carbocycles. The van der Waals surface area contributed by atoms with E-state index in [4.69, 9.17) is 0 Å². The van der Waals surface area contributed by atoms with E-state index in [1.165, 1.54) is 12.1 Å². The predicted molar refractivity (Wildman–Crippen MR) is 78.0 cm³/mol. The van der Waals surface area contributed by atoms with Gasteiger partial charge in [-0.05, 0) is 38.4 Å². The summed E-state index contributed by atoms with van der Waals surface area (Å²) in [4.78, 5) is 4.06. The Kier molecular flexibility index (Phi) is 5.21. The molecule has 4 nitrogen and oxygen atoms in total. The van der Waals surface area contributed by atoms with Gasteiger partial charge in [0.05, 0.1) is 6.33 Å². The molecule has 2 heterocycles. The summed E-state index contributed by atoms with van der Waals surface area (Å²) in [6, 6.07) is 4.77. The van der Waals surface area contributed by atoms with Crippen LogP contribution in [0.1, 0.15) is 38.4 Å². The maximum Gasteiger partial charge on any atom is 0.0945 e. The van der Waals surface area contributed by atoms with Crippen molar-refractivity contribution in [3.63, 3.8) is 0 Å². The fourth-order valence-electron chi connectivity index (χ4n) is 2.33. The third-order valence-corrected chi connectivity index (χ3v) is 3.38. The minimum atomic E-state index is 0.420. The summed E-state index contributed by atoms with van der Waals surface area (Å²) < 4.78 is 4.48. The highest BCUT2D eigenvalue weighted by atomic mass is 15.0. The van der Waals surface area contributed by atoms with E-state index in [1.54, 1.807) is 0 Å². The topological polar surface area (TPSA) is 34.8 Å². The van der Waals surface area contributed by atoms with Gasteiger partial charge >= 0.3 is 0 Å². The largest absolute Gasteiger partial charge is 0.350 e. The highest BCUT2D eigenvalue weighted by molar-refractivity contribution is 5.11. The van der Waals surface area contributed by atoms with Crippen LogP contribution in [0, 0.1) is 0 Å². The summed E-state index contributed by atoms with van der Waals surface area (Å²) in [5.74, 6) is 0. The molecule has 0 aliphatic rings. The fraction of sp³-hybridized carbons (Fsp3) is 0.533. The predicted octanol–water partition coefficient (Wildman–Crippen LogP) is 2.84. The maximum absolute atomic E-state index is 4.06. The van der Waals surface area contributed by atoms with E-state index >= 15 is 0 Å². The third-order valence-electron chi connectivity index (χ3n) is 3.38. The highest BCUT2D eigenvalue weighted by Gasteiger charge is 2.08. The molecule has 4 heteroatoms. The zero-order chi connectivity index (χ0) is 13.5. The average molecular weight is 260 g/mol. The van der Waals surface area contributed by atoms with E-state index in [0.717, 1.165) is 26.1 Å². The lowest BCUT2D eigenvalue weighted by molar-refractivity contribution is 0.500. The van der Waals surface area contributed by atoms with Crippen LogP contribution in [-0.4, -0.2) is 20.7 Å². The Bertz CT molecular complexity index is 458. The van der Waals surface area contributed by atoms with Crippen molar-refractivity contribution in [1.29, 1.82) is 0 Å². The van der Waals surface area contributed by atoms with Gasteiger partial charge in [-0.15, -0.1) is 0 Å². The molecular formula is C15H24N4. The van der Waals surface area contributed by atoms with Crippen molar-refractivity contribution in [3.05, 3.63) is 42.7 Å². The van der Waals surface area contributed by atoms with Crippen LogP contribution in [0.15, 0.2) is 37.1 Å². The van der Waals surface area contributed by atoms with Gasteiger partial charge in [0.25, 0.3) is 0 Å². The minimum Gasteiger partial charge on any atom is -0.350 e. The van der Waals surface area contributed by atoms with Gasteiger partial charge in [-0.3, -0.25) is 0 Å². The van der Waals surface area contributed by atoms with E-state index in [1.807, 2.05) is 18.7 Å². The zero-order valence-electron chi connectivity index (χ0n) is 11.9. The van der Waals surface area contributed by atoms with Gasteiger partial charge in [0, 0.05) is 43.4 Å². The first-order chi connectivity index (χ1) is 9.31. The van der Waals surface area contributed by atoms with Gasteiger partial charge in [0.15, 0.2) is 0 Å². The van der Waals surface area contributed by atoms with E-state index < -0.39 is 0 Å². The molecule has 2 aromatic rings. The Morgan fingerprint density at radius 3 is 2.95 bits per heavy atom. The molecular weight excluding hydrogens is 236 g/mol. The molecule has 0 amide bonds.